The Bertz CT molecular complexity index is 704. The Balaban J connectivity index is 1.56. The molecule has 1 saturated heterocycles. The van der Waals surface area contributed by atoms with Gasteiger partial charge in [-0.15, -0.1) is 0 Å². The first-order chi connectivity index (χ1) is 12.6. The average Bonchev–Trinajstić information content (AvgIpc) is 2.65. The van der Waals surface area contributed by atoms with Crippen LogP contribution in [0.5, 0.6) is 0 Å². The fraction of sp³-hybridized carbons (Fsp3) is 0.381. The quantitative estimate of drug-likeness (QED) is 0.827. The first-order valence-corrected chi connectivity index (χ1v) is 9.34. The van der Waals surface area contributed by atoms with Gasteiger partial charge in [0, 0.05) is 55.3 Å². The highest BCUT2D eigenvalue weighted by atomic mass is 16.1. The predicted octanol–water partition coefficient (Wildman–Crippen LogP) is 3.92. The number of likely N-dealkylation sites (N-methyl/N-ethyl adjacent to an activating group) is 1. The molecule has 0 aliphatic carbocycles. The third kappa shape index (κ3) is 4.99. The van der Waals surface area contributed by atoms with Gasteiger partial charge in [0.1, 0.15) is 0 Å². The summed E-state index contributed by atoms with van der Waals surface area (Å²) >= 11 is 0. The van der Waals surface area contributed by atoms with Crippen LogP contribution in [0, 0.1) is 0 Å². The number of hydrogen-bond donors (Lipinski definition) is 2. The van der Waals surface area contributed by atoms with Crippen LogP contribution in [0.1, 0.15) is 19.8 Å². The van der Waals surface area contributed by atoms with E-state index in [9.17, 15) is 4.79 Å². The number of carbonyl (C=O) groups excluding carboxylic acids is 1. The van der Waals surface area contributed by atoms with E-state index >= 15 is 0 Å². The fourth-order valence-electron chi connectivity index (χ4n) is 3.07. The van der Waals surface area contributed by atoms with Crippen molar-refractivity contribution in [3.63, 3.8) is 0 Å². The van der Waals surface area contributed by atoms with Crippen molar-refractivity contribution in [2.45, 2.75) is 19.8 Å². The van der Waals surface area contributed by atoms with Gasteiger partial charge in [0.15, 0.2) is 0 Å². The Hall–Kier alpha value is -2.53. The van der Waals surface area contributed by atoms with E-state index in [-0.39, 0.29) is 5.91 Å². The van der Waals surface area contributed by atoms with E-state index in [2.05, 4.69) is 51.7 Å². The summed E-state index contributed by atoms with van der Waals surface area (Å²) in [5.41, 5.74) is 4.17. The molecule has 0 atom stereocenters. The van der Waals surface area contributed by atoms with E-state index in [0.29, 0.717) is 6.42 Å². The van der Waals surface area contributed by atoms with E-state index in [1.54, 1.807) is 0 Å². The van der Waals surface area contributed by atoms with Crippen molar-refractivity contribution in [2.75, 3.05) is 48.8 Å². The van der Waals surface area contributed by atoms with Crippen LogP contribution in [-0.2, 0) is 4.79 Å². The van der Waals surface area contributed by atoms with Gasteiger partial charge < -0.3 is 20.4 Å². The molecular weight excluding hydrogens is 324 g/mol. The van der Waals surface area contributed by atoms with Crippen LogP contribution < -0.4 is 15.5 Å². The molecule has 5 heteroatoms. The Morgan fingerprint density at radius 3 is 2.00 bits per heavy atom. The minimum atomic E-state index is 0.0627. The summed E-state index contributed by atoms with van der Waals surface area (Å²) in [5.74, 6) is 0.0627. The Labute approximate surface area is 156 Å². The molecule has 1 amide bonds. The molecule has 0 radical (unpaired) electrons. The minimum absolute atomic E-state index is 0.0627. The van der Waals surface area contributed by atoms with Crippen molar-refractivity contribution in [2.24, 2.45) is 0 Å². The normalized spacial score (nSPS) is 14.9. The third-order valence-electron chi connectivity index (χ3n) is 4.67. The Kier molecular flexibility index (Phi) is 6.12. The van der Waals surface area contributed by atoms with Crippen molar-refractivity contribution in [3.05, 3.63) is 48.5 Å². The summed E-state index contributed by atoms with van der Waals surface area (Å²) in [6.07, 6.45) is 1.41. The highest BCUT2D eigenvalue weighted by Gasteiger charge is 2.13. The molecule has 1 heterocycles. The average molecular weight is 352 g/mol. The molecule has 1 fully saturated rings. The van der Waals surface area contributed by atoms with Crippen LogP contribution >= 0.6 is 0 Å². The fourth-order valence-corrected chi connectivity index (χ4v) is 3.07. The van der Waals surface area contributed by atoms with Crippen molar-refractivity contribution >= 4 is 28.7 Å². The maximum atomic E-state index is 11.6. The summed E-state index contributed by atoms with van der Waals surface area (Å²) in [5, 5.41) is 6.31. The molecule has 2 N–H and O–H groups in total. The number of amides is 1. The van der Waals surface area contributed by atoms with Gasteiger partial charge >= 0.3 is 0 Å². The summed E-state index contributed by atoms with van der Waals surface area (Å²) < 4.78 is 0. The smallest absolute Gasteiger partial charge is 0.224 e. The molecule has 2 aromatic carbocycles. The van der Waals surface area contributed by atoms with Crippen LogP contribution in [-0.4, -0.2) is 44.0 Å². The first-order valence-electron chi connectivity index (χ1n) is 9.34. The zero-order valence-electron chi connectivity index (χ0n) is 15.7. The van der Waals surface area contributed by atoms with E-state index in [1.165, 1.54) is 5.69 Å². The summed E-state index contributed by atoms with van der Waals surface area (Å²) in [7, 11) is 2.17. The van der Waals surface area contributed by atoms with Gasteiger partial charge in [-0.1, -0.05) is 6.92 Å². The topological polar surface area (TPSA) is 47.6 Å². The molecule has 0 bridgehead atoms. The highest BCUT2D eigenvalue weighted by molar-refractivity contribution is 5.90. The molecule has 3 rings (SSSR count). The zero-order chi connectivity index (χ0) is 18.4. The second kappa shape index (κ2) is 8.72. The largest absolute Gasteiger partial charge is 0.369 e. The number of carbonyl (C=O) groups is 1. The van der Waals surface area contributed by atoms with E-state index in [1.807, 2.05) is 31.2 Å². The van der Waals surface area contributed by atoms with Crippen molar-refractivity contribution in [1.29, 1.82) is 0 Å². The molecule has 1 aliphatic rings. The van der Waals surface area contributed by atoms with Crippen molar-refractivity contribution < 1.29 is 4.79 Å². The van der Waals surface area contributed by atoms with Gasteiger partial charge in [-0.3, -0.25) is 4.79 Å². The molecule has 0 spiro atoms. The van der Waals surface area contributed by atoms with Crippen LogP contribution in [0.3, 0.4) is 0 Å². The molecule has 0 unspecified atom stereocenters. The molecule has 1 aliphatic heterocycles. The molecule has 138 valence electrons. The van der Waals surface area contributed by atoms with Crippen molar-refractivity contribution in [1.82, 2.24) is 4.90 Å². The van der Waals surface area contributed by atoms with Gasteiger partial charge in [0.2, 0.25) is 5.91 Å². The van der Waals surface area contributed by atoms with Gasteiger partial charge in [0.05, 0.1) is 0 Å². The summed E-state index contributed by atoms with van der Waals surface area (Å²) in [4.78, 5) is 16.4. The molecule has 26 heavy (non-hydrogen) atoms. The lowest BCUT2D eigenvalue weighted by Crippen LogP contribution is -2.44. The monoisotopic (exact) mass is 352 g/mol. The third-order valence-corrected chi connectivity index (χ3v) is 4.67. The minimum Gasteiger partial charge on any atom is -0.369 e. The lowest BCUT2D eigenvalue weighted by molar-refractivity contribution is -0.116. The van der Waals surface area contributed by atoms with Gasteiger partial charge in [0.25, 0.3) is 0 Å². The molecule has 5 nitrogen and oxygen atoms in total. The van der Waals surface area contributed by atoms with Gasteiger partial charge in [-0.25, -0.2) is 0 Å². The first kappa shape index (κ1) is 18.3. The number of hydrogen-bond acceptors (Lipinski definition) is 4. The molecular formula is C21H28N4O. The van der Waals surface area contributed by atoms with Crippen LogP contribution in [0.25, 0.3) is 0 Å². The lowest BCUT2D eigenvalue weighted by Gasteiger charge is -2.34. The van der Waals surface area contributed by atoms with Crippen LogP contribution in [0.2, 0.25) is 0 Å². The molecule has 0 aromatic heterocycles. The number of nitrogens with one attached hydrogen (secondary N) is 2. The predicted molar refractivity (Wildman–Crippen MR) is 109 cm³/mol. The highest BCUT2D eigenvalue weighted by Crippen LogP contribution is 2.23. The van der Waals surface area contributed by atoms with Crippen molar-refractivity contribution in [3.8, 4) is 0 Å². The molecule has 0 saturated carbocycles. The lowest BCUT2D eigenvalue weighted by atomic mass is 10.2. The summed E-state index contributed by atoms with van der Waals surface area (Å²) in [6, 6.07) is 16.4. The number of piperazine rings is 1. The van der Waals surface area contributed by atoms with Crippen LogP contribution in [0.4, 0.5) is 22.7 Å². The van der Waals surface area contributed by atoms with Gasteiger partial charge in [-0.2, -0.15) is 0 Å². The zero-order valence-corrected chi connectivity index (χ0v) is 15.7. The van der Waals surface area contributed by atoms with Crippen LogP contribution in [0.15, 0.2) is 48.5 Å². The summed E-state index contributed by atoms with van der Waals surface area (Å²) in [6.45, 7) is 6.38. The standard InChI is InChI=1S/C21H28N4O/c1-3-4-21(26)23-19-7-5-17(6-8-19)22-18-9-11-20(12-10-18)25-15-13-24(2)14-16-25/h5-12,22H,3-4,13-16H2,1-2H3,(H,23,26). The van der Waals surface area contributed by atoms with Gasteiger partial charge in [-0.05, 0) is 62.0 Å². The maximum absolute atomic E-state index is 11.6. The number of rotatable bonds is 6. The van der Waals surface area contributed by atoms with E-state index in [0.717, 1.165) is 49.7 Å². The number of nitrogens with zero attached hydrogens (tertiary/aromatic N) is 2. The second-order valence-electron chi connectivity index (χ2n) is 6.84. The molecule has 2 aromatic rings. The Morgan fingerprint density at radius 2 is 1.42 bits per heavy atom. The maximum Gasteiger partial charge on any atom is 0.224 e. The Morgan fingerprint density at radius 1 is 0.885 bits per heavy atom. The second-order valence-corrected chi connectivity index (χ2v) is 6.84. The van der Waals surface area contributed by atoms with E-state index in [4.69, 9.17) is 0 Å². The SMILES string of the molecule is CCCC(=O)Nc1ccc(Nc2ccc(N3CCN(C)CC3)cc2)cc1. The number of anilines is 4. The van der Waals surface area contributed by atoms with E-state index < -0.39 is 0 Å². The number of benzene rings is 2.